The number of fused-ring (bicyclic) bond motifs is 1. The number of hydrogen-bond donors (Lipinski definition) is 2. The van der Waals surface area contributed by atoms with Crippen LogP contribution in [0.5, 0.6) is 11.9 Å². The maximum absolute atomic E-state index is 6.14. The number of benzene rings is 2. The zero-order valence-corrected chi connectivity index (χ0v) is 21.4. The molecule has 10 heteroatoms. The van der Waals surface area contributed by atoms with Crippen LogP contribution in [0.2, 0.25) is 5.02 Å². The number of H-pyrrole nitrogens is 1. The van der Waals surface area contributed by atoms with Gasteiger partial charge in [-0.05, 0) is 48.7 Å². The fourth-order valence-electron chi connectivity index (χ4n) is 4.41. The van der Waals surface area contributed by atoms with Gasteiger partial charge in [0.05, 0.1) is 38.5 Å². The summed E-state index contributed by atoms with van der Waals surface area (Å²) >= 11 is 6.14. The van der Waals surface area contributed by atoms with E-state index in [0.29, 0.717) is 34.7 Å². The van der Waals surface area contributed by atoms with Gasteiger partial charge in [-0.3, -0.25) is 0 Å². The van der Waals surface area contributed by atoms with Crippen LogP contribution in [0, 0.1) is 6.92 Å². The second kappa shape index (κ2) is 10.6. The van der Waals surface area contributed by atoms with E-state index in [4.69, 9.17) is 30.8 Å². The number of hydrogen-bond acceptors (Lipinski definition) is 8. The van der Waals surface area contributed by atoms with E-state index in [0.717, 1.165) is 60.6 Å². The average Bonchev–Trinajstić information content (AvgIpc) is 3.33. The molecule has 36 heavy (non-hydrogen) atoms. The Balaban J connectivity index is 1.50. The number of aromatic nitrogens is 4. The zero-order valence-electron chi connectivity index (χ0n) is 20.6. The highest BCUT2D eigenvalue weighted by Gasteiger charge is 2.22. The number of morpholine rings is 1. The van der Waals surface area contributed by atoms with Crippen LogP contribution in [-0.2, 0) is 11.2 Å². The summed E-state index contributed by atoms with van der Waals surface area (Å²) in [6, 6.07) is 12.3. The third kappa shape index (κ3) is 5.03. The minimum atomic E-state index is 0.211. The van der Waals surface area contributed by atoms with Gasteiger partial charge >= 0.3 is 6.01 Å². The number of nitrogens with zero attached hydrogens (tertiary/aromatic N) is 4. The Morgan fingerprint density at radius 2 is 1.92 bits per heavy atom. The Morgan fingerprint density at radius 1 is 1.08 bits per heavy atom. The normalized spacial score (nSPS) is 13.7. The Labute approximate surface area is 214 Å². The van der Waals surface area contributed by atoms with Gasteiger partial charge in [0.2, 0.25) is 5.88 Å². The van der Waals surface area contributed by atoms with Crippen molar-refractivity contribution >= 4 is 34.1 Å². The van der Waals surface area contributed by atoms with E-state index in [-0.39, 0.29) is 6.01 Å². The standard InChI is InChI=1S/C26H29ClN6O3/c1-16-13-19(33-9-11-36-12-10-33)15-20-22(16)30-24(29-20)21-23(31-26(35-3)32-25(21)34-2)28-8-7-17-5-4-6-18(27)14-17/h4-6,13-15H,7-12H2,1-3H3,(H,29,30)(H,28,31,32). The fourth-order valence-corrected chi connectivity index (χ4v) is 4.63. The van der Waals surface area contributed by atoms with Crippen LogP contribution < -0.4 is 19.7 Å². The molecule has 1 aliphatic heterocycles. The van der Waals surface area contributed by atoms with Crippen LogP contribution in [0.25, 0.3) is 22.4 Å². The molecule has 188 valence electrons. The zero-order chi connectivity index (χ0) is 25.1. The molecule has 0 saturated carbocycles. The summed E-state index contributed by atoms with van der Waals surface area (Å²) in [6.45, 7) is 5.89. The first-order valence-corrected chi connectivity index (χ1v) is 12.2. The van der Waals surface area contributed by atoms with Crippen molar-refractivity contribution in [3.8, 4) is 23.3 Å². The van der Waals surface area contributed by atoms with Crippen LogP contribution in [0.15, 0.2) is 36.4 Å². The molecule has 2 aromatic heterocycles. The molecule has 9 nitrogen and oxygen atoms in total. The number of aromatic amines is 1. The third-order valence-electron chi connectivity index (χ3n) is 6.20. The molecule has 2 N–H and O–H groups in total. The van der Waals surface area contributed by atoms with E-state index < -0.39 is 0 Å². The molecule has 0 unspecified atom stereocenters. The van der Waals surface area contributed by atoms with Crippen LogP contribution in [0.4, 0.5) is 11.5 Å². The van der Waals surface area contributed by atoms with Gasteiger partial charge in [-0.15, -0.1) is 0 Å². The van der Waals surface area contributed by atoms with Gasteiger partial charge in [0.1, 0.15) is 17.2 Å². The third-order valence-corrected chi connectivity index (χ3v) is 6.44. The number of halogens is 1. The van der Waals surface area contributed by atoms with E-state index in [9.17, 15) is 0 Å². The molecule has 5 rings (SSSR count). The molecule has 0 amide bonds. The highest BCUT2D eigenvalue weighted by Crippen LogP contribution is 2.36. The fraction of sp³-hybridized carbons (Fsp3) is 0.346. The van der Waals surface area contributed by atoms with E-state index >= 15 is 0 Å². The number of nitrogens with one attached hydrogen (secondary N) is 2. The molecule has 0 spiro atoms. The topological polar surface area (TPSA) is 97.4 Å². The van der Waals surface area contributed by atoms with Crippen molar-refractivity contribution in [2.45, 2.75) is 13.3 Å². The number of rotatable bonds is 8. The van der Waals surface area contributed by atoms with E-state index in [1.165, 1.54) is 7.11 Å². The summed E-state index contributed by atoms with van der Waals surface area (Å²) in [6.07, 6.45) is 0.761. The molecule has 1 saturated heterocycles. The largest absolute Gasteiger partial charge is 0.480 e. The van der Waals surface area contributed by atoms with Gasteiger partial charge in [-0.25, -0.2) is 4.98 Å². The van der Waals surface area contributed by atoms with Crippen molar-refractivity contribution in [3.63, 3.8) is 0 Å². The summed E-state index contributed by atoms with van der Waals surface area (Å²) in [4.78, 5) is 19.7. The molecule has 0 bridgehead atoms. The quantitative estimate of drug-likeness (QED) is 0.359. The van der Waals surface area contributed by atoms with Crippen LogP contribution in [-0.4, -0.2) is 67.0 Å². The summed E-state index contributed by atoms with van der Waals surface area (Å²) in [7, 11) is 3.10. The second-order valence-electron chi connectivity index (χ2n) is 8.59. The van der Waals surface area contributed by atoms with Gasteiger partial charge in [0.15, 0.2) is 0 Å². The highest BCUT2D eigenvalue weighted by molar-refractivity contribution is 6.30. The lowest BCUT2D eigenvalue weighted by Gasteiger charge is -2.29. The Bertz CT molecular complexity index is 1370. The van der Waals surface area contributed by atoms with Gasteiger partial charge in [0.25, 0.3) is 0 Å². The predicted octanol–water partition coefficient (Wildman–Crippen LogP) is 4.49. The van der Waals surface area contributed by atoms with Gasteiger partial charge in [-0.1, -0.05) is 23.7 Å². The van der Waals surface area contributed by atoms with Crippen molar-refractivity contribution < 1.29 is 14.2 Å². The maximum Gasteiger partial charge on any atom is 0.321 e. The van der Waals surface area contributed by atoms with Gasteiger partial charge in [-0.2, -0.15) is 9.97 Å². The van der Waals surface area contributed by atoms with Crippen molar-refractivity contribution in [1.29, 1.82) is 0 Å². The first-order valence-electron chi connectivity index (χ1n) is 11.9. The van der Waals surface area contributed by atoms with Gasteiger partial charge in [0, 0.05) is 30.3 Å². The molecule has 1 fully saturated rings. The molecule has 3 heterocycles. The van der Waals surface area contributed by atoms with E-state index in [1.807, 2.05) is 24.3 Å². The lowest BCUT2D eigenvalue weighted by Crippen LogP contribution is -2.36. The summed E-state index contributed by atoms with van der Waals surface area (Å²) < 4.78 is 16.5. The molecular formula is C26H29ClN6O3. The SMILES string of the molecule is COc1nc(NCCc2cccc(Cl)c2)c(-c2nc3c(C)cc(N4CCOCC4)cc3[nH]2)c(OC)n1. The minimum absolute atomic E-state index is 0.211. The molecular weight excluding hydrogens is 480 g/mol. The first-order chi connectivity index (χ1) is 17.6. The molecule has 0 radical (unpaired) electrons. The van der Waals surface area contributed by atoms with Crippen molar-refractivity contribution in [1.82, 2.24) is 19.9 Å². The Hall–Kier alpha value is -3.56. The smallest absolute Gasteiger partial charge is 0.321 e. The predicted molar refractivity (Wildman–Crippen MR) is 142 cm³/mol. The molecule has 0 atom stereocenters. The van der Waals surface area contributed by atoms with Gasteiger partial charge < -0.3 is 29.4 Å². The maximum atomic E-state index is 6.14. The molecule has 2 aromatic carbocycles. The van der Waals surface area contributed by atoms with Crippen molar-refractivity contribution in [2.75, 3.05) is 57.3 Å². The van der Waals surface area contributed by atoms with Crippen molar-refractivity contribution in [2.24, 2.45) is 0 Å². The number of aryl methyl sites for hydroxylation is 1. The van der Waals surface area contributed by atoms with Crippen molar-refractivity contribution in [3.05, 3.63) is 52.5 Å². The number of anilines is 2. The first kappa shape index (κ1) is 24.1. The highest BCUT2D eigenvalue weighted by atomic mass is 35.5. The summed E-state index contributed by atoms with van der Waals surface area (Å²) in [5.41, 5.74) is 5.84. The monoisotopic (exact) mass is 508 g/mol. The number of imidazole rings is 1. The molecule has 4 aromatic rings. The van der Waals surface area contributed by atoms with E-state index in [2.05, 4.69) is 44.2 Å². The summed E-state index contributed by atoms with van der Waals surface area (Å²) in [5, 5.41) is 4.13. The Morgan fingerprint density at radius 3 is 2.67 bits per heavy atom. The van der Waals surface area contributed by atoms with Crippen LogP contribution in [0.3, 0.4) is 0 Å². The second-order valence-corrected chi connectivity index (χ2v) is 9.03. The number of methoxy groups -OCH3 is 2. The average molecular weight is 509 g/mol. The lowest BCUT2D eigenvalue weighted by atomic mass is 10.1. The van der Waals surface area contributed by atoms with Crippen LogP contribution in [0.1, 0.15) is 11.1 Å². The molecule has 1 aliphatic rings. The van der Waals surface area contributed by atoms with E-state index in [1.54, 1.807) is 7.11 Å². The van der Waals surface area contributed by atoms with Crippen LogP contribution >= 0.6 is 11.6 Å². The number of ether oxygens (including phenoxy) is 3. The molecule has 0 aliphatic carbocycles. The lowest BCUT2D eigenvalue weighted by molar-refractivity contribution is 0.122. The minimum Gasteiger partial charge on any atom is -0.480 e. The Kier molecular flexibility index (Phi) is 7.11. The summed E-state index contributed by atoms with van der Waals surface area (Å²) in [5.74, 6) is 1.57.